The number of hydrogen-bond donors (Lipinski definition) is 0. The van der Waals surface area contributed by atoms with E-state index in [1.807, 2.05) is 0 Å². The van der Waals surface area contributed by atoms with Crippen molar-refractivity contribution in [2.24, 2.45) is 11.8 Å². The van der Waals surface area contributed by atoms with Crippen molar-refractivity contribution in [3.63, 3.8) is 0 Å². The average molecular weight is 290 g/mol. The molecule has 0 aromatic heterocycles. The van der Waals surface area contributed by atoms with Gasteiger partial charge in [-0.25, -0.2) is 0 Å². The summed E-state index contributed by atoms with van der Waals surface area (Å²) in [6.07, 6.45) is 3.31. The maximum atomic E-state index is 5.85. The second-order valence-corrected chi connectivity index (χ2v) is 8.76. The minimum Gasteiger partial charge on any atom is -0.377 e. The van der Waals surface area contributed by atoms with Crippen LogP contribution in [0.25, 0.3) is 0 Å². The topological polar surface area (TPSA) is 18.5 Å². The third-order valence-corrected chi connectivity index (χ3v) is 7.20. The van der Waals surface area contributed by atoms with Crippen LogP contribution in [0, 0.1) is 11.8 Å². The maximum Gasteiger partial charge on any atom is 0.0725 e. The zero-order valence-corrected chi connectivity index (χ0v) is 13.6. The fourth-order valence-corrected chi connectivity index (χ4v) is 6.54. The van der Waals surface area contributed by atoms with Crippen LogP contribution in [0.2, 0.25) is 0 Å². The Hall–Kier alpha value is 0.620. The second-order valence-electron chi connectivity index (χ2n) is 6.01. The molecule has 0 aromatic rings. The highest BCUT2D eigenvalue weighted by molar-refractivity contribution is 8.77. The third-order valence-electron chi connectivity index (χ3n) is 3.78. The molecule has 2 nitrogen and oxygen atoms in total. The SMILES string of the molecule is CC(C)C1OCCC1SSC1CCOC1C(C)C. The molecule has 0 bridgehead atoms. The summed E-state index contributed by atoms with van der Waals surface area (Å²) in [5.41, 5.74) is 0. The first-order valence-electron chi connectivity index (χ1n) is 7.15. The van der Waals surface area contributed by atoms with Crippen LogP contribution in [0.15, 0.2) is 0 Å². The fourth-order valence-electron chi connectivity index (χ4n) is 2.78. The van der Waals surface area contributed by atoms with Crippen molar-refractivity contribution in [1.82, 2.24) is 0 Å². The van der Waals surface area contributed by atoms with Crippen LogP contribution in [0.4, 0.5) is 0 Å². The Morgan fingerprint density at radius 3 is 1.50 bits per heavy atom. The Balaban J connectivity index is 1.80. The molecule has 2 saturated heterocycles. The Labute approximate surface area is 119 Å². The summed E-state index contributed by atoms with van der Waals surface area (Å²) >= 11 is 0. The van der Waals surface area contributed by atoms with E-state index in [0.717, 1.165) is 13.2 Å². The minimum absolute atomic E-state index is 0.447. The van der Waals surface area contributed by atoms with Crippen molar-refractivity contribution >= 4 is 21.6 Å². The Morgan fingerprint density at radius 2 is 1.17 bits per heavy atom. The molecule has 0 aliphatic carbocycles. The van der Waals surface area contributed by atoms with Gasteiger partial charge in [-0.1, -0.05) is 49.3 Å². The van der Waals surface area contributed by atoms with E-state index in [0.29, 0.717) is 34.5 Å². The highest BCUT2D eigenvalue weighted by atomic mass is 33.1. The quantitative estimate of drug-likeness (QED) is 0.712. The van der Waals surface area contributed by atoms with Gasteiger partial charge in [0.05, 0.1) is 12.2 Å². The summed E-state index contributed by atoms with van der Waals surface area (Å²) in [5.74, 6) is 1.26. The molecule has 2 aliphatic rings. The van der Waals surface area contributed by atoms with Gasteiger partial charge in [0.25, 0.3) is 0 Å². The van der Waals surface area contributed by atoms with Crippen molar-refractivity contribution in [1.29, 1.82) is 0 Å². The standard InChI is InChI=1S/C14H26O2S2/c1-9(2)13-11(5-7-15-13)17-18-12-6-8-16-14(12)10(3)4/h9-14H,5-8H2,1-4H3. The van der Waals surface area contributed by atoms with Crippen LogP contribution in [-0.4, -0.2) is 35.9 Å². The van der Waals surface area contributed by atoms with Crippen molar-refractivity contribution in [3.05, 3.63) is 0 Å². The van der Waals surface area contributed by atoms with Crippen LogP contribution in [0.3, 0.4) is 0 Å². The number of rotatable bonds is 5. The van der Waals surface area contributed by atoms with Crippen molar-refractivity contribution in [3.8, 4) is 0 Å². The molecule has 2 fully saturated rings. The van der Waals surface area contributed by atoms with Gasteiger partial charge in [-0.2, -0.15) is 0 Å². The van der Waals surface area contributed by atoms with E-state index in [1.54, 1.807) is 0 Å². The van der Waals surface area contributed by atoms with E-state index in [1.165, 1.54) is 12.8 Å². The van der Waals surface area contributed by atoms with Gasteiger partial charge in [0.15, 0.2) is 0 Å². The molecule has 4 unspecified atom stereocenters. The van der Waals surface area contributed by atoms with E-state index in [9.17, 15) is 0 Å². The molecule has 0 N–H and O–H groups in total. The Bertz CT molecular complexity index is 232. The lowest BCUT2D eigenvalue weighted by Gasteiger charge is -2.25. The predicted molar refractivity (Wildman–Crippen MR) is 81.1 cm³/mol. The summed E-state index contributed by atoms with van der Waals surface area (Å²) in [4.78, 5) is 0. The summed E-state index contributed by atoms with van der Waals surface area (Å²) in [7, 11) is 4.10. The average Bonchev–Trinajstić information content (AvgIpc) is 2.94. The lowest BCUT2D eigenvalue weighted by molar-refractivity contribution is 0.0776. The third kappa shape index (κ3) is 3.59. The van der Waals surface area contributed by atoms with E-state index < -0.39 is 0 Å². The molecular weight excluding hydrogens is 264 g/mol. The van der Waals surface area contributed by atoms with Gasteiger partial charge in [-0.05, 0) is 24.7 Å². The van der Waals surface area contributed by atoms with Crippen molar-refractivity contribution in [2.75, 3.05) is 13.2 Å². The van der Waals surface area contributed by atoms with E-state index in [-0.39, 0.29) is 0 Å². The molecule has 18 heavy (non-hydrogen) atoms. The van der Waals surface area contributed by atoms with Gasteiger partial charge in [0.1, 0.15) is 0 Å². The summed E-state index contributed by atoms with van der Waals surface area (Å²) < 4.78 is 11.7. The largest absolute Gasteiger partial charge is 0.377 e. The zero-order chi connectivity index (χ0) is 13.1. The number of hydrogen-bond acceptors (Lipinski definition) is 4. The molecule has 0 spiro atoms. The first-order chi connectivity index (χ1) is 8.59. The molecule has 106 valence electrons. The van der Waals surface area contributed by atoms with Gasteiger partial charge >= 0.3 is 0 Å². The highest BCUT2D eigenvalue weighted by Gasteiger charge is 2.35. The van der Waals surface area contributed by atoms with E-state index in [2.05, 4.69) is 49.3 Å². The van der Waals surface area contributed by atoms with Gasteiger partial charge in [0, 0.05) is 23.7 Å². The van der Waals surface area contributed by atoms with Crippen LogP contribution in [0.1, 0.15) is 40.5 Å². The summed E-state index contributed by atoms with van der Waals surface area (Å²) in [5, 5.41) is 1.34. The van der Waals surface area contributed by atoms with Gasteiger partial charge in [0.2, 0.25) is 0 Å². The normalized spacial score (nSPS) is 37.0. The molecule has 0 amide bonds. The summed E-state index contributed by atoms with van der Waals surface area (Å²) in [6.45, 7) is 11.0. The first kappa shape index (κ1) is 15.0. The van der Waals surface area contributed by atoms with Gasteiger partial charge < -0.3 is 9.47 Å². The predicted octanol–water partition coefficient (Wildman–Crippen LogP) is 3.99. The molecule has 2 heterocycles. The fraction of sp³-hybridized carbons (Fsp3) is 1.00. The number of ether oxygens (including phenoxy) is 2. The van der Waals surface area contributed by atoms with Crippen LogP contribution in [0.5, 0.6) is 0 Å². The maximum absolute atomic E-state index is 5.85. The molecule has 4 atom stereocenters. The van der Waals surface area contributed by atoms with Crippen LogP contribution >= 0.6 is 21.6 Å². The van der Waals surface area contributed by atoms with Gasteiger partial charge in [-0.15, -0.1) is 0 Å². The molecule has 0 saturated carbocycles. The lowest BCUT2D eigenvalue weighted by atomic mass is 10.0. The molecule has 2 rings (SSSR count). The van der Waals surface area contributed by atoms with Crippen molar-refractivity contribution in [2.45, 2.75) is 63.2 Å². The monoisotopic (exact) mass is 290 g/mol. The van der Waals surface area contributed by atoms with E-state index >= 15 is 0 Å². The Morgan fingerprint density at radius 1 is 0.778 bits per heavy atom. The highest BCUT2D eigenvalue weighted by Crippen LogP contribution is 2.44. The van der Waals surface area contributed by atoms with Gasteiger partial charge in [-0.3, -0.25) is 0 Å². The minimum atomic E-state index is 0.447. The van der Waals surface area contributed by atoms with Crippen molar-refractivity contribution < 1.29 is 9.47 Å². The summed E-state index contributed by atoms with van der Waals surface area (Å²) in [6, 6.07) is 0. The molecule has 0 radical (unpaired) electrons. The molecule has 4 heteroatoms. The molecule has 2 aliphatic heterocycles. The molecular formula is C14H26O2S2. The van der Waals surface area contributed by atoms with E-state index in [4.69, 9.17) is 9.47 Å². The second kappa shape index (κ2) is 6.87. The van der Waals surface area contributed by atoms with Crippen LogP contribution < -0.4 is 0 Å². The molecule has 0 aromatic carbocycles. The first-order valence-corrected chi connectivity index (χ1v) is 9.42. The lowest BCUT2D eigenvalue weighted by Crippen LogP contribution is -2.26. The van der Waals surface area contributed by atoms with Crippen LogP contribution in [-0.2, 0) is 9.47 Å². The zero-order valence-electron chi connectivity index (χ0n) is 11.9. The Kier molecular flexibility index (Phi) is 5.73. The smallest absolute Gasteiger partial charge is 0.0725 e.